The number of anilines is 1. The summed E-state index contributed by atoms with van der Waals surface area (Å²) in [6.07, 6.45) is 2.84. The highest BCUT2D eigenvalue weighted by molar-refractivity contribution is 6.31. The molecular formula is C18H22ClN3O2. The molecule has 1 fully saturated rings. The molecule has 0 unspecified atom stereocenters. The lowest BCUT2D eigenvalue weighted by Gasteiger charge is -2.24. The summed E-state index contributed by atoms with van der Waals surface area (Å²) in [5, 5.41) is 1.81. The van der Waals surface area contributed by atoms with E-state index in [1.54, 1.807) is 0 Å². The Morgan fingerprint density at radius 2 is 2.12 bits per heavy atom. The van der Waals surface area contributed by atoms with Crippen molar-refractivity contribution in [3.8, 4) is 0 Å². The smallest absolute Gasteiger partial charge is 0.320 e. The van der Waals surface area contributed by atoms with Gasteiger partial charge in [-0.05, 0) is 37.6 Å². The first kappa shape index (κ1) is 17.0. The summed E-state index contributed by atoms with van der Waals surface area (Å²) in [5.74, 6) is -0.144. The van der Waals surface area contributed by atoms with Gasteiger partial charge < -0.3 is 9.64 Å². The van der Waals surface area contributed by atoms with Crippen molar-refractivity contribution < 1.29 is 9.53 Å². The van der Waals surface area contributed by atoms with Gasteiger partial charge in [-0.2, -0.15) is 0 Å². The van der Waals surface area contributed by atoms with Crippen LogP contribution < -0.4 is 4.90 Å². The molecule has 2 heterocycles. The van der Waals surface area contributed by atoms with Crippen molar-refractivity contribution >= 4 is 34.2 Å². The Kier molecular flexibility index (Phi) is 5.53. The Morgan fingerprint density at radius 1 is 1.25 bits per heavy atom. The van der Waals surface area contributed by atoms with E-state index in [-0.39, 0.29) is 5.97 Å². The second-order valence-corrected chi connectivity index (χ2v) is 6.35. The molecule has 1 aliphatic rings. The molecule has 0 N–H and O–H groups in total. The van der Waals surface area contributed by atoms with E-state index < -0.39 is 0 Å². The molecule has 0 radical (unpaired) electrons. The second-order valence-electron chi connectivity index (χ2n) is 5.91. The molecular weight excluding hydrogens is 326 g/mol. The van der Waals surface area contributed by atoms with E-state index in [2.05, 4.69) is 20.9 Å². The van der Waals surface area contributed by atoms with Gasteiger partial charge in [0.15, 0.2) is 0 Å². The molecule has 1 aromatic heterocycles. The maximum absolute atomic E-state index is 11.7. The van der Waals surface area contributed by atoms with Crippen molar-refractivity contribution in [3.05, 3.63) is 35.5 Å². The predicted molar refractivity (Wildman–Crippen MR) is 96.7 cm³/mol. The Bertz CT molecular complexity index is 722. The number of hydrogen-bond donors (Lipinski definition) is 0. The highest BCUT2D eigenvalue weighted by atomic mass is 35.5. The molecule has 0 spiro atoms. The average molecular weight is 348 g/mol. The van der Waals surface area contributed by atoms with Crippen LogP contribution >= 0.6 is 11.6 Å². The number of benzene rings is 1. The van der Waals surface area contributed by atoms with E-state index in [0.717, 1.165) is 43.5 Å². The number of hydrogen-bond acceptors (Lipinski definition) is 5. The summed E-state index contributed by atoms with van der Waals surface area (Å²) in [4.78, 5) is 20.6. The zero-order valence-electron chi connectivity index (χ0n) is 13.9. The van der Waals surface area contributed by atoms with Gasteiger partial charge in [0.25, 0.3) is 0 Å². The van der Waals surface area contributed by atoms with Crippen LogP contribution in [0.4, 0.5) is 5.69 Å². The fourth-order valence-corrected chi connectivity index (χ4v) is 3.31. The quantitative estimate of drug-likeness (QED) is 0.796. The Labute approximate surface area is 147 Å². The summed E-state index contributed by atoms with van der Waals surface area (Å²) in [6.45, 7) is 6.23. The van der Waals surface area contributed by atoms with Crippen molar-refractivity contribution in [2.24, 2.45) is 0 Å². The molecule has 1 saturated heterocycles. The summed E-state index contributed by atoms with van der Waals surface area (Å²) < 4.78 is 5.05. The number of carbonyl (C=O) groups is 1. The molecule has 0 aliphatic carbocycles. The number of nitrogens with zero attached hydrogens (tertiary/aromatic N) is 3. The van der Waals surface area contributed by atoms with E-state index >= 15 is 0 Å². The van der Waals surface area contributed by atoms with Crippen LogP contribution in [-0.2, 0) is 9.53 Å². The summed E-state index contributed by atoms with van der Waals surface area (Å²) >= 11 is 6.07. The maximum atomic E-state index is 11.7. The standard InChI is InChI=1S/C18H22ClN3O2/c1-2-24-18(23)13-21-8-3-9-22(11-10-21)17-6-7-20-16-12-14(19)4-5-15(16)17/h4-7,12H,2-3,8-11,13H2,1H3. The third kappa shape index (κ3) is 3.97. The SMILES string of the molecule is CCOC(=O)CN1CCCN(c2ccnc3cc(Cl)ccc23)CC1. The van der Waals surface area contributed by atoms with Crippen molar-refractivity contribution in [2.45, 2.75) is 13.3 Å². The van der Waals surface area contributed by atoms with Crippen LogP contribution in [0.15, 0.2) is 30.5 Å². The van der Waals surface area contributed by atoms with Crippen molar-refractivity contribution in [1.29, 1.82) is 0 Å². The Morgan fingerprint density at radius 3 is 2.96 bits per heavy atom. The van der Waals surface area contributed by atoms with Crippen LogP contribution in [0.5, 0.6) is 0 Å². The number of esters is 1. The van der Waals surface area contributed by atoms with Gasteiger partial charge in [-0.25, -0.2) is 0 Å². The van der Waals surface area contributed by atoms with Gasteiger partial charge in [-0.15, -0.1) is 0 Å². The third-order valence-corrected chi connectivity index (χ3v) is 4.50. The highest BCUT2D eigenvalue weighted by Crippen LogP contribution is 2.28. The van der Waals surface area contributed by atoms with Gasteiger partial charge in [0.1, 0.15) is 0 Å². The van der Waals surface area contributed by atoms with Gasteiger partial charge in [-0.1, -0.05) is 11.6 Å². The molecule has 24 heavy (non-hydrogen) atoms. The Balaban J connectivity index is 1.73. The molecule has 0 saturated carbocycles. The van der Waals surface area contributed by atoms with Crippen LogP contribution in [0.25, 0.3) is 10.9 Å². The number of carbonyl (C=O) groups excluding carboxylic acids is 1. The molecule has 2 aromatic rings. The molecule has 6 heteroatoms. The molecule has 1 aliphatic heterocycles. The molecule has 128 valence electrons. The van der Waals surface area contributed by atoms with Crippen LogP contribution in [0.3, 0.4) is 0 Å². The van der Waals surface area contributed by atoms with Gasteiger partial charge in [0.2, 0.25) is 0 Å². The van der Waals surface area contributed by atoms with Crippen LogP contribution in [0.2, 0.25) is 5.02 Å². The maximum Gasteiger partial charge on any atom is 0.320 e. The molecule has 0 amide bonds. The van der Waals surface area contributed by atoms with Crippen molar-refractivity contribution in [3.63, 3.8) is 0 Å². The zero-order valence-corrected chi connectivity index (χ0v) is 14.6. The summed E-state index contributed by atoms with van der Waals surface area (Å²) in [6, 6.07) is 7.88. The number of ether oxygens (including phenoxy) is 1. The molecule has 0 bridgehead atoms. The monoisotopic (exact) mass is 347 g/mol. The average Bonchev–Trinajstić information content (AvgIpc) is 2.79. The summed E-state index contributed by atoms with van der Waals surface area (Å²) in [5.41, 5.74) is 2.09. The second kappa shape index (κ2) is 7.81. The van der Waals surface area contributed by atoms with Crippen LogP contribution in [-0.4, -0.2) is 55.2 Å². The predicted octanol–water partition coefficient (Wildman–Crippen LogP) is 2.96. The number of aromatic nitrogens is 1. The molecule has 1 aromatic carbocycles. The van der Waals surface area contributed by atoms with E-state index in [1.807, 2.05) is 31.3 Å². The minimum Gasteiger partial charge on any atom is -0.465 e. The number of rotatable bonds is 4. The lowest BCUT2D eigenvalue weighted by atomic mass is 10.1. The first-order chi connectivity index (χ1) is 11.7. The number of pyridine rings is 1. The zero-order chi connectivity index (χ0) is 16.9. The molecule has 5 nitrogen and oxygen atoms in total. The fourth-order valence-electron chi connectivity index (χ4n) is 3.14. The first-order valence-electron chi connectivity index (χ1n) is 8.34. The lowest BCUT2D eigenvalue weighted by molar-refractivity contribution is -0.144. The van der Waals surface area contributed by atoms with E-state index in [4.69, 9.17) is 16.3 Å². The van der Waals surface area contributed by atoms with Crippen molar-refractivity contribution in [2.75, 3.05) is 44.2 Å². The van der Waals surface area contributed by atoms with Gasteiger partial charge >= 0.3 is 5.97 Å². The molecule has 0 atom stereocenters. The highest BCUT2D eigenvalue weighted by Gasteiger charge is 2.19. The first-order valence-corrected chi connectivity index (χ1v) is 8.72. The van der Waals surface area contributed by atoms with Gasteiger partial charge in [-0.3, -0.25) is 14.7 Å². The van der Waals surface area contributed by atoms with Crippen LogP contribution in [0, 0.1) is 0 Å². The minimum absolute atomic E-state index is 0.144. The molecule has 3 rings (SSSR count). The van der Waals surface area contributed by atoms with Crippen LogP contribution in [0.1, 0.15) is 13.3 Å². The lowest BCUT2D eigenvalue weighted by Crippen LogP contribution is -2.35. The topological polar surface area (TPSA) is 45.7 Å². The number of halogens is 1. The number of fused-ring (bicyclic) bond motifs is 1. The van der Waals surface area contributed by atoms with E-state index in [1.165, 1.54) is 5.69 Å². The normalized spacial score (nSPS) is 16.2. The summed E-state index contributed by atoms with van der Waals surface area (Å²) in [7, 11) is 0. The van der Waals surface area contributed by atoms with Gasteiger partial charge in [0, 0.05) is 48.5 Å². The third-order valence-electron chi connectivity index (χ3n) is 4.27. The van der Waals surface area contributed by atoms with Crippen molar-refractivity contribution in [1.82, 2.24) is 9.88 Å². The minimum atomic E-state index is -0.144. The Hall–Kier alpha value is -1.85. The van der Waals surface area contributed by atoms with Gasteiger partial charge in [0.05, 0.1) is 18.7 Å². The fraction of sp³-hybridized carbons (Fsp3) is 0.444. The van der Waals surface area contributed by atoms with E-state index in [0.29, 0.717) is 18.2 Å². The van der Waals surface area contributed by atoms with E-state index in [9.17, 15) is 4.79 Å². The largest absolute Gasteiger partial charge is 0.465 e.